The normalized spacial score (nSPS) is 10.6. The minimum Gasteiger partial charge on any atom is -0.298 e. The van der Waals surface area contributed by atoms with Gasteiger partial charge < -0.3 is 0 Å². The molecule has 0 amide bonds. The summed E-state index contributed by atoms with van der Waals surface area (Å²) in [6, 6.07) is 5.67. The Morgan fingerprint density at radius 2 is 2.00 bits per heavy atom. The third-order valence-corrected chi connectivity index (χ3v) is 3.29. The topological polar surface area (TPSA) is 34.9 Å². The van der Waals surface area contributed by atoms with E-state index in [9.17, 15) is 4.79 Å². The van der Waals surface area contributed by atoms with E-state index in [1.807, 2.05) is 39.0 Å². The molecule has 0 aliphatic rings. The molecule has 0 bridgehead atoms. The molecular formula is C13H13ClN2O. The summed E-state index contributed by atoms with van der Waals surface area (Å²) >= 11 is 6.10. The Morgan fingerprint density at radius 1 is 1.29 bits per heavy atom. The molecule has 1 aromatic heterocycles. The number of carbonyl (C=O) groups is 1. The van der Waals surface area contributed by atoms with Gasteiger partial charge in [0.1, 0.15) is 0 Å². The van der Waals surface area contributed by atoms with Crippen LogP contribution in [0.25, 0.3) is 5.69 Å². The quantitative estimate of drug-likeness (QED) is 0.765. The summed E-state index contributed by atoms with van der Waals surface area (Å²) in [5.41, 5.74) is 4.03. The molecule has 1 heterocycles. The molecule has 4 heteroatoms. The van der Waals surface area contributed by atoms with E-state index in [0.29, 0.717) is 10.6 Å². The lowest BCUT2D eigenvalue weighted by molar-refractivity contribution is 0.112. The third kappa shape index (κ3) is 1.98. The second-order valence-corrected chi connectivity index (χ2v) is 4.45. The molecule has 3 nitrogen and oxygen atoms in total. The SMILES string of the molecule is Cc1ccc(-n2nc(C)c(Cl)c2C)c(C=O)c1. The smallest absolute Gasteiger partial charge is 0.152 e. The second-order valence-electron chi connectivity index (χ2n) is 4.08. The number of carbonyl (C=O) groups excluding carboxylic acids is 1. The molecule has 2 aromatic rings. The van der Waals surface area contributed by atoms with Crippen molar-refractivity contribution in [2.75, 3.05) is 0 Å². The minimum absolute atomic E-state index is 0.618. The summed E-state index contributed by atoms with van der Waals surface area (Å²) in [6.45, 7) is 5.68. The van der Waals surface area contributed by atoms with Gasteiger partial charge in [0, 0.05) is 5.56 Å². The molecule has 1 aromatic carbocycles. The van der Waals surface area contributed by atoms with Crippen LogP contribution in [0.15, 0.2) is 18.2 Å². The maximum absolute atomic E-state index is 11.1. The zero-order chi connectivity index (χ0) is 12.6. The lowest BCUT2D eigenvalue weighted by atomic mass is 10.1. The maximum atomic E-state index is 11.1. The first-order valence-corrected chi connectivity index (χ1v) is 5.70. The Hall–Kier alpha value is -1.61. The average Bonchev–Trinajstić information content (AvgIpc) is 2.57. The van der Waals surface area contributed by atoms with Crippen molar-refractivity contribution in [3.05, 3.63) is 45.7 Å². The van der Waals surface area contributed by atoms with Crippen molar-refractivity contribution in [2.24, 2.45) is 0 Å². The molecule has 0 N–H and O–H groups in total. The predicted octanol–water partition coefficient (Wildman–Crippen LogP) is 3.26. The molecule has 0 spiro atoms. The van der Waals surface area contributed by atoms with Gasteiger partial charge >= 0.3 is 0 Å². The summed E-state index contributed by atoms with van der Waals surface area (Å²) in [6.07, 6.45) is 0.840. The van der Waals surface area contributed by atoms with Gasteiger partial charge in [-0.25, -0.2) is 4.68 Å². The van der Waals surface area contributed by atoms with Crippen LogP contribution in [0.5, 0.6) is 0 Å². The summed E-state index contributed by atoms with van der Waals surface area (Å²) in [5, 5.41) is 4.99. The van der Waals surface area contributed by atoms with E-state index in [4.69, 9.17) is 11.6 Å². The van der Waals surface area contributed by atoms with Gasteiger partial charge in [-0.1, -0.05) is 23.2 Å². The fraction of sp³-hybridized carbons (Fsp3) is 0.231. The van der Waals surface area contributed by atoms with Gasteiger partial charge in [-0.3, -0.25) is 4.79 Å². The van der Waals surface area contributed by atoms with Crippen LogP contribution in [-0.2, 0) is 0 Å². The van der Waals surface area contributed by atoms with Crippen LogP contribution in [-0.4, -0.2) is 16.1 Å². The highest BCUT2D eigenvalue weighted by atomic mass is 35.5. The summed E-state index contributed by atoms with van der Waals surface area (Å²) in [7, 11) is 0. The molecule has 2 rings (SSSR count). The van der Waals surface area contributed by atoms with E-state index in [1.165, 1.54) is 0 Å². The molecule has 17 heavy (non-hydrogen) atoms. The van der Waals surface area contributed by atoms with Gasteiger partial charge in [0.05, 0.1) is 22.1 Å². The molecule has 0 atom stereocenters. The highest BCUT2D eigenvalue weighted by Crippen LogP contribution is 2.24. The first kappa shape index (κ1) is 11.9. The molecular weight excluding hydrogens is 236 g/mol. The molecule has 0 aliphatic carbocycles. The fourth-order valence-corrected chi connectivity index (χ4v) is 1.94. The van der Waals surface area contributed by atoms with Crippen molar-refractivity contribution in [3.8, 4) is 5.69 Å². The predicted molar refractivity (Wildman–Crippen MR) is 68.2 cm³/mol. The molecule has 0 saturated carbocycles. The van der Waals surface area contributed by atoms with E-state index in [-0.39, 0.29) is 0 Å². The van der Waals surface area contributed by atoms with Crippen molar-refractivity contribution in [3.63, 3.8) is 0 Å². The molecule has 0 unspecified atom stereocenters. The Balaban J connectivity index is 2.68. The van der Waals surface area contributed by atoms with E-state index >= 15 is 0 Å². The molecule has 88 valence electrons. The van der Waals surface area contributed by atoms with Gasteiger partial charge in [-0.15, -0.1) is 0 Å². The lowest BCUT2D eigenvalue weighted by Crippen LogP contribution is -2.03. The first-order chi connectivity index (χ1) is 8.04. The third-order valence-electron chi connectivity index (χ3n) is 2.74. The van der Waals surface area contributed by atoms with E-state index in [1.54, 1.807) is 4.68 Å². The fourth-order valence-electron chi connectivity index (χ4n) is 1.82. The number of aromatic nitrogens is 2. The van der Waals surface area contributed by atoms with Gasteiger partial charge in [-0.05, 0) is 32.9 Å². The number of aryl methyl sites for hydroxylation is 2. The summed E-state index contributed by atoms with van der Waals surface area (Å²) < 4.78 is 1.71. The average molecular weight is 249 g/mol. The van der Waals surface area contributed by atoms with Crippen molar-refractivity contribution in [2.45, 2.75) is 20.8 Å². The van der Waals surface area contributed by atoms with Crippen LogP contribution < -0.4 is 0 Å². The van der Waals surface area contributed by atoms with Gasteiger partial charge in [0.25, 0.3) is 0 Å². The standard InChI is InChI=1S/C13H13ClN2O/c1-8-4-5-12(11(6-8)7-17)16-10(3)13(14)9(2)15-16/h4-7H,1-3H3. The van der Waals surface area contributed by atoms with Crippen LogP contribution in [0.4, 0.5) is 0 Å². The van der Waals surface area contributed by atoms with Crippen molar-refractivity contribution in [1.29, 1.82) is 0 Å². The number of hydrogen-bond donors (Lipinski definition) is 0. The van der Waals surface area contributed by atoms with Gasteiger partial charge in [-0.2, -0.15) is 5.10 Å². The van der Waals surface area contributed by atoms with Crippen LogP contribution in [0, 0.1) is 20.8 Å². The number of benzene rings is 1. The Bertz CT molecular complexity index is 587. The van der Waals surface area contributed by atoms with E-state index in [0.717, 1.165) is 28.9 Å². The van der Waals surface area contributed by atoms with Gasteiger partial charge in [0.2, 0.25) is 0 Å². The Labute approximate surface area is 105 Å². The minimum atomic E-state index is 0.618. The zero-order valence-electron chi connectivity index (χ0n) is 9.99. The van der Waals surface area contributed by atoms with E-state index in [2.05, 4.69) is 5.10 Å². The Morgan fingerprint density at radius 3 is 2.53 bits per heavy atom. The molecule has 0 saturated heterocycles. The van der Waals surface area contributed by atoms with Crippen LogP contribution >= 0.6 is 11.6 Å². The highest BCUT2D eigenvalue weighted by Gasteiger charge is 2.13. The number of hydrogen-bond acceptors (Lipinski definition) is 2. The highest BCUT2D eigenvalue weighted by molar-refractivity contribution is 6.31. The van der Waals surface area contributed by atoms with Crippen LogP contribution in [0.2, 0.25) is 5.02 Å². The summed E-state index contributed by atoms with van der Waals surface area (Å²) in [4.78, 5) is 11.1. The van der Waals surface area contributed by atoms with Crippen molar-refractivity contribution in [1.82, 2.24) is 9.78 Å². The number of halogens is 1. The zero-order valence-corrected chi connectivity index (χ0v) is 10.7. The van der Waals surface area contributed by atoms with Crippen molar-refractivity contribution < 1.29 is 4.79 Å². The largest absolute Gasteiger partial charge is 0.298 e. The van der Waals surface area contributed by atoms with Crippen molar-refractivity contribution >= 4 is 17.9 Å². The second kappa shape index (κ2) is 4.34. The molecule has 0 fully saturated rings. The number of rotatable bonds is 2. The molecule has 0 aliphatic heterocycles. The monoisotopic (exact) mass is 248 g/mol. The maximum Gasteiger partial charge on any atom is 0.152 e. The summed E-state index contributed by atoms with van der Waals surface area (Å²) in [5.74, 6) is 0. The van der Waals surface area contributed by atoms with Gasteiger partial charge in [0.15, 0.2) is 6.29 Å². The van der Waals surface area contributed by atoms with E-state index < -0.39 is 0 Å². The lowest BCUT2D eigenvalue weighted by Gasteiger charge is -2.08. The first-order valence-electron chi connectivity index (χ1n) is 5.32. The Kier molecular flexibility index (Phi) is 3.03. The van der Waals surface area contributed by atoms with Crippen LogP contribution in [0.1, 0.15) is 27.3 Å². The number of aldehydes is 1. The molecule has 0 radical (unpaired) electrons. The van der Waals surface area contributed by atoms with Crippen LogP contribution in [0.3, 0.4) is 0 Å². The number of nitrogens with zero attached hydrogens (tertiary/aromatic N) is 2.